The number of hydrogen-bond donors (Lipinski definition) is 0. The van der Waals surface area contributed by atoms with Gasteiger partial charge in [0, 0.05) is 6.42 Å². The first-order chi connectivity index (χ1) is 2.77. The van der Waals surface area contributed by atoms with Crippen molar-refractivity contribution in [2.75, 3.05) is 0 Å². The molecule has 0 bridgehead atoms. The molecular formula is C5H9O. The summed E-state index contributed by atoms with van der Waals surface area (Å²) >= 11 is 0. The second kappa shape index (κ2) is 2.88. The van der Waals surface area contributed by atoms with Crippen LogP contribution >= 0.6 is 0 Å². The lowest BCUT2D eigenvalue weighted by molar-refractivity contribution is -0.114. The van der Waals surface area contributed by atoms with Gasteiger partial charge in [-0.2, -0.15) is 0 Å². The van der Waals surface area contributed by atoms with E-state index in [0.29, 0.717) is 0 Å². The van der Waals surface area contributed by atoms with E-state index in [1.165, 1.54) is 0 Å². The molecule has 35 valence electrons. The number of carbonyl (C=O) groups is 1. The first kappa shape index (κ1) is 5.67. The van der Waals surface area contributed by atoms with E-state index in [0.717, 1.165) is 6.42 Å². The van der Waals surface area contributed by atoms with Crippen molar-refractivity contribution in [1.29, 1.82) is 0 Å². The van der Waals surface area contributed by atoms with E-state index < -0.39 is 0 Å². The van der Waals surface area contributed by atoms with E-state index in [9.17, 15) is 4.79 Å². The Hall–Kier alpha value is -0.330. The van der Waals surface area contributed by atoms with Crippen LogP contribution in [0.1, 0.15) is 20.3 Å². The summed E-state index contributed by atoms with van der Waals surface area (Å²) in [6.07, 6.45) is 2.51. The van der Waals surface area contributed by atoms with Crippen molar-refractivity contribution in [1.82, 2.24) is 0 Å². The molecule has 0 amide bonds. The number of ketones is 1. The van der Waals surface area contributed by atoms with Crippen LogP contribution in [0.15, 0.2) is 0 Å². The van der Waals surface area contributed by atoms with Gasteiger partial charge in [-0.1, -0.05) is 6.92 Å². The lowest BCUT2D eigenvalue weighted by atomic mass is 10.3. The molecule has 0 unspecified atom stereocenters. The van der Waals surface area contributed by atoms with Gasteiger partial charge in [0.15, 0.2) is 0 Å². The highest BCUT2D eigenvalue weighted by Gasteiger charge is 1.84. The molecule has 0 aliphatic heterocycles. The Morgan fingerprint density at radius 1 is 1.83 bits per heavy atom. The Morgan fingerprint density at radius 3 is 2.33 bits per heavy atom. The Kier molecular flexibility index (Phi) is 2.73. The van der Waals surface area contributed by atoms with Crippen LogP contribution < -0.4 is 0 Å². The largest absolute Gasteiger partial charge is 0.300 e. The molecule has 0 aliphatic carbocycles. The first-order valence-electron chi connectivity index (χ1n) is 2.11. The van der Waals surface area contributed by atoms with Crippen molar-refractivity contribution >= 4 is 5.78 Å². The smallest absolute Gasteiger partial charge is 0.133 e. The van der Waals surface area contributed by atoms with E-state index in [1.807, 2.05) is 6.92 Å². The van der Waals surface area contributed by atoms with Crippen LogP contribution in [-0.2, 0) is 4.79 Å². The Labute approximate surface area is 38.4 Å². The fourth-order valence-corrected chi connectivity index (χ4v) is 0.287. The summed E-state index contributed by atoms with van der Waals surface area (Å²) < 4.78 is 0. The van der Waals surface area contributed by atoms with Gasteiger partial charge in [0.05, 0.1) is 0 Å². The average molecular weight is 85.1 g/mol. The molecular weight excluding hydrogens is 76.1 g/mol. The van der Waals surface area contributed by atoms with Crippen LogP contribution in [0.4, 0.5) is 0 Å². The van der Waals surface area contributed by atoms with Gasteiger partial charge in [-0.3, -0.25) is 4.79 Å². The molecule has 0 saturated carbocycles. The van der Waals surface area contributed by atoms with Gasteiger partial charge in [-0.25, -0.2) is 0 Å². The molecule has 0 fully saturated rings. The fraction of sp³-hybridized carbons (Fsp3) is 0.600. The zero-order valence-electron chi connectivity index (χ0n) is 4.19. The Bertz CT molecular complexity index is 47.9. The van der Waals surface area contributed by atoms with E-state index >= 15 is 0 Å². The summed E-state index contributed by atoms with van der Waals surface area (Å²) in [7, 11) is 0. The van der Waals surface area contributed by atoms with Gasteiger partial charge in [0.2, 0.25) is 0 Å². The molecule has 0 aliphatic rings. The molecule has 0 spiro atoms. The quantitative estimate of drug-likeness (QED) is 0.492. The maximum atomic E-state index is 9.99. The SMILES string of the molecule is CC[CH]C(C)=O. The Balaban J connectivity index is 2.83. The zero-order valence-corrected chi connectivity index (χ0v) is 4.19. The molecule has 0 saturated heterocycles. The third-order valence-electron chi connectivity index (χ3n) is 0.492. The third kappa shape index (κ3) is 3.67. The van der Waals surface area contributed by atoms with Crippen molar-refractivity contribution < 1.29 is 4.79 Å². The summed E-state index contributed by atoms with van der Waals surface area (Å²) in [6.45, 7) is 3.50. The fourth-order valence-electron chi connectivity index (χ4n) is 0.287. The molecule has 0 aromatic heterocycles. The highest BCUT2D eigenvalue weighted by molar-refractivity contribution is 5.84. The zero-order chi connectivity index (χ0) is 4.99. The van der Waals surface area contributed by atoms with Crippen LogP contribution in [0.2, 0.25) is 0 Å². The van der Waals surface area contributed by atoms with Crippen molar-refractivity contribution in [2.24, 2.45) is 0 Å². The van der Waals surface area contributed by atoms with Gasteiger partial charge in [-0.15, -0.1) is 0 Å². The molecule has 1 heteroatoms. The van der Waals surface area contributed by atoms with Gasteiger partial charge >= 0.3 is 0 Å². The van der Waals surface area contributed by atoms with Crippen molar-refractivity contribution in [3.05, 3.63) is 6.42 Å². The summed E-state index contributed by atoms with van der Waals surface area (Å²) in [4.78, 5) is 9.99. The number of rotatable bonds is 2. The average Bonchev–Trinajstić information content (AvgIpc) is 1.35. The molecule has 0 atom stereocenters. The van der Waals surface area contributed by atoms with E-state index in [-0.39, 0.29) is 5.78 Å². The van der Waals surface area contributed by atoms with Crippen molar-refractivity contribution in [3.63, 3.8) is 0 Å². The summed E-state index contributed by atoms with van der Waals surface area (Å²) in [5.41, 5.74) is 0. The summed E-state index contributed by atoms with van der Waals surface area (Å²) in [6, 6.07) is 0. The van der Waals surface area contributed by atoms with E-state index in [2.05, 4.69) is 0 Å². The highest BCUT2D eigenvalue weighted by Crippen LogP contribution is 1.82. The maximum Gasteiger partial charge on any atom is 0.133 e. The van der Waals surface area contributed by atoms with Crippen LogP contribution in [0.3, 0.4) is 0 Å². The molecule has 0 aromatic rings. The molecule has 0 aromatic carbocycles. The highest BCUT2D eigenvalue weighted by atomic mass is 16.1. The summed E-state index contributed by atoms with van der Waals surface area (Å²) in [5.74, 6) is 0.164. The van der Waals surface area contributed by atoms with Crippen LogP contribution in [-0.4, -0.2) is 5.78 Å². The summed E-state index contributed by atoms with van der Waals surface area (Å²) in [5, 5.41) is 0. The lowest BCUT2D eigenvalue weighted by Gasteiger charge is -1.79. The predicted molar refractivity (Wildman–Crippen MR) is 25.3 cm³/mol. The van der Waals surface area contributed by atoms with Crippen molar-refractivity contribution in [3.8, 4) is 0 Å². The number of hydrogen-bond acceptors (Lipinski definition) is 1. The third-order valence-corrected chi connectivity index (χ3v) is 0.492. The minimum Gasteiger partial charge on any atom is -0.300 e. The minimum atomic E-state index is 0.164. The molecule has 0 N–H and O–H groups in total. The van der Waals surface area contributed by atoms with Crippen LogP contribution in [0, 0.1) is 6.42 Å². The number of carbonyl (C=O) groups excluding carboxylic acids is 1. The van der Waals surface area contributed by atoms with E-state index in [4.69, 9.17) is 0 Å². The second-order valence-corrected chi connectivity index (χ2v) is 1.22. The maximum absolute atomic E-state index is 9.99. The topological polar surface area (TPSA) is 17.1 Å². The molecule has 0 heterocycles. The van der Waals surface area contributed by atoms with Gasteiger partial charge in [0.1, 0.15) is 5.78 Å². The van der Waals surface area contributed by atoms with Gasteiger partial charge in [0.25, 0.3) is 0 Å². The standard InChI is InChI=1S/C5H9O/c1-3-4-5(2)6/h4H,3H2,1-2H3. The minimum absolute atomic E-state index is 0.164. The van der Waals surface area contributed by atoms with E-state index in [1.54, 1.807) is 13.3 Å². The molecule has 6 heavy (non-hydrogen) atoms. The van der Waals surface area contributed by atoms with Crippen molar-refractivity contribution in [2.45, 2.75) is 20.3 Å². The van der Waals surface area contributed by atoms with Gasteiger partial charge < -0.3 is 0 Å². The monoisotopic (exact) mass is 85.1 g/mol. The van der Waals surface area contributed by atoms with Gasteiger partial charge in [-0.05, 0) is 13.3 Å². The lowest BCUT2D eigenvalue weighted by Crippen LogP contribution is -1.86. The van der Waals surface area contributed by atoms with Crippen LogP contribution in [0.25, 0.3) is 0 Å². The molecule has 1 nitrogen and oxygen atoms in total. The molecule has 0 rings (SSSR count). The second-order valence-electron chi connectivity index (χ2n) is 1.22. The predicted octanol–water partition coefficient (Wildman–Crippen LogP) is 1.19. The Morgan fingerprint density at radius 2 is 2.33 bits per heavy atom. The first-order valence-corrected chi connectivity index (χ1v) is 2.11. The van der Waals surface area contributed by atoms with Crippen LogP contribution in [0.5, 0.6) is 0 Å². The normalized spacial score (nSPS) is 8.33. The molecule has 1 radical (unpaired) electrons. The number of Topliss-reactive ketones (excluding diaryl/α,β-unsaturated/α-hetero) is 1.